The molecule has 0 atom stereocenters. The Kier molecular flexibility index (Phi) is 5.73. The Morgan fingerprint density at radius 3 is 2.50 bits per heavy atom. The van der Waals surface area contributed by atoms with Gasteiger partial charge < -0.3 is 4.74 Å². The number of hydrogen-bond donors (Lipinski definition) is 1. The Bertz CT molecular complexity index is 807. The molecule has 2 rings (SSSR count). The number of carbonyl (C=O) groups excluding carboxylic acids is 1. The number of amides is 1. The zero-order valence-electron chi connectivity index (χ0n) is 12.3. The van der Waals surface area contributed by atoms with E-state index in [0.717, 1.165) is 0 Å². The summed E-state index contributed by atoms with van der Waals surface area (Å²) in [6.45, 7) is 0. The largest absolute Gasteiger partial charge is 0.497 e. The molecular weight excluding hydrogens is 357 g/mol. The van der Waals surface area contributed by atoms with E-state index in [2.05, 4.69) is 10.5 Å². The smallest absolute Gasteiger partial charge is 0.288 e. The van der Waals surface area contributed by atoms with Gasteiger partial charge in [0.15, 0.2) is 0 Å². The van der Waals surface area contributed by atoms with Crippen molar-refractivity contribution in [2.24, 2.45) is 5.10 Å². The van der Waals surface area contributed by atoms with E-state index in [9.17, 15) is 14.9 Å². The van der Waals surface area contributed by atoms with E-state index in [1.807, 2.05) is 0 Å². The molecule has 0 aromatic heterocycles. The Morgan fingerprint density at radius 2 is 1.92 bits per heavy atom. The summed E-state index contributed by atoms with van der Waals surface area (Å²) in [7, 11) is 1.52. The number of hydrazone groups is 1. The molecule has 0 aliphatic carbocycles. The number of methoxy groups -OCH3 is 1. The van der Waals surface area contributed by atoms with Gasteiger partial charge >= 0.3 is 0 Å². The van der Waals surface area contributed by atoms with Crippen LogP contribution in [0.15, 0.2) is 41.5 Å². The van der Waals surface area contributed by atoms with Gasteiger partial charge in [0.05, 0.1) is 23.3 Å². The summed E-state index contributed by atoms with van der Waals surface area (Å²) in [5.41, 5.74) is 2.63. The van der Waals surface area contributed by atoms with Crippen molar-refractivity contribution in [2.45, 2.75) is 0 Å². The highest BCUT2D eigenvalue weighted by molar-refractivity contribution is 6.37. The van der Waals surface area contributed by atoms with E-state index >= 15 is 0 Å². The first-order valence-corrected chi connectivity index (χ1v) is 7.29. The fourth-order valence-corrected chi connectivity index (χ4v) is 2.26. The average molecular weight is 368 g/mol. The Hall–Kier alpha value is -2.64. The molecule has 9 heteroatoms. The number of carbonyl (C=O) groups is 1. The first-order chi connectivity index (χ1) is 11.4. The number of rotatable bonds is 5. The van der Waals surface area contributed by atoms with Crippen LogP contribution in [-0.2, 0) is 0 Å². The van der Waals surface area contributed by atoms with Crippen molar-refractivity contribution in [1.82, 2.24) is 5.43 Å². The van der Waals surface area contributed by atoms with Crippen molar-refractivity contribution < 1.29 is 14.5 Å². The molecule has 0 spiro atoms. The molecule has 0 fully saturated rings. The first-order valence-electron chi connectivity index (χ1n) is 6.53. The Morgan fingerprint density at radius 1 is 1.25 bits per heavy atom. The number of nitrogens with one attached hydrogen (secondary N) is 1. The van der Waals surface area contributed by atoms with E-state index in [1.54, 1.807) is 24.3 Å². The van der Waals surface area contributed by atoms with Crippen molar-refractivity contribution >= 4 is 41.0 Å². The van der Waals surface area contributed by atoms with Gasteiger partial charge in [-0.2, -0.15) is 5.10 Å². The standard InChI is InChI=1S/C15H11Cl2N3O4/c1-24-11-4-2-9(3-5-11)15(21)19-18-8-10-6-14(20(22)23)13(17)7-12(10)16/h2-8H,1H3,(H,19,21)/b18-8+. The molecule has 0 bridgehead atoms. The second-order valence-corrected chi connectivity index (χ2v) is 5.32. The van der Waals surface area contributed by atoms with Gasteiger partial charge in [-0.05, 0) is 30.3 Å². The van der Waals surface area contributed by atoms with Gasteiger partial charge in [-0.15, -0.1) is 0 Å². The fraction of sp³-hybridized carbons (Fsp3) is 0.0667. The molecule has 24 heavy (non-hydrogen) atoms. The van der Waals surface area contributed by atoms with Crippen molar-refractivity contribution in [3.8, 4) is 5.75 Å². The third-order valence-corrected chi connectivity index (χ3v) is 3.61. The quantitative estimate of drug-likeness (QED) is 0.495. The molecular formula is C15H11Cl2N3O4. The van der Waals surface area contributed by atoms with Crippen molar-refractivity contribution in [1.29, 1.82) is 0 Å². The van der Waals surface area contributed by atoms with Crippen LogP contribution in [-0.4, -0.2) is 24.2 Å². The maximum Gasteiger partial charge on any atom is 0.288 e. The lowest BCUT2D eigenvalue weighted by Crippen LogP contribution is -2.17. The molecule has 2 aromatic carbocycles. The molecule has 7 nitrogen and oxygen atoms in total. The Labute approximate surface area is 147 Å². The Balaban J connectivity index is 2.12. The SMILES string of the molecule is COc1ccc(C(=O)N/N=C/c2cc([N+](=O)[O-])c(Cl)cc2Cl)cc1. The average Bonchev–Trinajstić information content (AvgIpc) is 2.56. The highest BCUT2D eigenvalue weighted by atomic mass is 35.5. The van der Waals surface area contributed by atoms with Crippen molar-refractivity contribution in [3.05, 3.63) is 67.7 Å². The van der Waals surface area contributed by atoms with Gasteiger partial charge in [0.2, 0.25) is 0 Å². The van der Waals surface area contributed by atoms with Crippen LogP contribution in [0.25, 0.3) is 0 Å². The molecule has 0 unspecified atom stereocenters. The summed E-state index contributed by atoms with van der Waals surface area (Å²) in [4.78, 5) is 22.1. The lowest BCUT2D eigenvalue weighted by molar-refractivity contribution is -0.384. The number of hydrogen-bond acceptors (Lipinski definition) is 5. The molecule has 1 N–H and O–H groups in total. The van der Waals surface area contributed by atoms with Crippen LogP contribution in [0.2, 0.25) is 10.0 Å². The van der Waals surface area contributed by atoms with Gasteiger partial charge in [0.25, 0.3) is 11.6 Å². The summed E-state index contributed by atoms with van der Waals surface area (Å²) >= 11 is 11.7. The summed E-state index contributed by atoms with van der Waals surface area (Å²) in [5, 5.41) is 14.7. The predicted molar refractivity (Wildman–Crippen MR) is 91.2 cm³/mol. The van der Waals surface area contributed by atoms with Crippen LogP contribution in [0, 0.1) is 10.1 Å². The minimum atomic E-state index is -0.633. The zero-order chi connectivity index (χ0) is 17.7. The second kappa shape index (κ2) is 7.76. The fourth-order valence-electron chi connectivity index (χ4n) is 1.76. The van der Waals surface area contributed by atoms with E-state index in [-0.39, 0.29) is 21.3 Å². The molecule has 0 radical (unpaired) electrons. The maximum atomic E-state index is 11.9. The van der Waals surface area contributed by atoms with E-state index in [4.69, 9.17) is 27.9 Å². The van der Waals surface area contributed by atoms with E-state index in [1.165, 1.54) is 25.5 Å². The molecule has 1 amide bonds. The minimum Gasteiger partial charge on any atom is -0.497 e. The van der Waals surface area contributed by atoms with Gasteiger partial charge in [-0.1, -0.05) is 23.2 Å². The van der Waals surface area contributed by atoms with Gasteiger partial charge in [-0.3, -0.25) is 14.9 Å². The van der Waals surface area contributed by atoms with Crippen LogP contribution in [0.1, 0.15) is 15.9 Å². The number of ether oxygens (including phenoxy) is 1. The summed E-state index contributed by atoms with van der Waals surface area (Å²) in [6.07, 6.45) is 1.20. The molecule has 124 valence electrons. The number of nitro groups is 1. The van der Waals surface area contributed by atoms with Crippen LogP contribution in [0.5, 0.6) is 5.75 Å². The van der Waals surface area contributed by atoms with Gasteiger partial charge in [0, 0.05) is 17.2 Å². The topological polar surface area (TPSA) is 93.8 Å². The van der Waals surface area contributed by atoms with E-state index in [0.29, 0.717) is 11.3 Å². The minimum absolute atomic E-state index is 0.0792. The summed E-state index contributed by atoms with van der Waals surface area (Å²) in [5.74, 6) is 0.170. The molecule has 0 saturated heterocycles. The molecule has 0 heterocycles. The highest BCUT2D eigenvalue weighted by Gasteiger charge is 2.15. The van der Waals surface area contributed by atoms with Gasteiger partial charge in [-0.25, -0.2) is 5.43 Å². The van der Waals surface area contributed by atoms with Crippen molar-refractivity contribution in [3.63, 3.8) is 0 Å². The first kappa shape index (κ1) is 17.7. The third-order valence-electron chi connectivity index (χ3n) is 2.98. The number of nitrogens with zero attached hydrogens (tertiary/aromatic N) is 2. The lowest BCUT2D eigenvalue weighted by Gasteiger charge is -2.03. The second-order valence-electron chi connectivity index (χ2n) is 4.51. The normalized spacial score (nSPS) is 10.6. The molecule has 0 saturated carbocycles. The van der Waals surface area contributed by atoms with Crippen LogP contribution < -0.4 is 10.2 Å². The molecule has 0 aliphatic heterocycles. The maximum absolute atomic E-state index is 11.9. The monoisotopic (exact) mass is 367 g/mol. The summed E-state index contributed by atoms with van der Waals surface area (Å²) in [6, 6.07) is 8.84. The highest BCUT2D eigenvalue weighted by Crippen LogP contribution is 2.29. The van der Waals surface area contributed by atoms with Crippen LogP contribution in [0.4, 0.5) is 5.69 Å². The zero-order valence-corrected chi connectivity index (χ0v) is 13.8. The van der Waals surface area contributed by atoms with Crippen LogP contribution in [0.3, 0.4) is 0 Å². The van der Waals surface area contributed by atoms with E-state index < -0.39 is 10.8 Å². The number of benzene rings is 2. The van der Waals surface area contributed by atoms with Crippen LogP contribution >= 0.6 is 23.2 Å². The third kappa shape index (κ3) is 4.21. The van der Waals surface area contributed by atoms with Crippen molar-refractivity contribution in [2.75, 3.05) is 7.11 Å². The predicted octanol–water partition coefficient (Wildman–Crippen LogP) is 3.67. The molecule has 2 aromatic rings. The molecule has 0 aliphatic rings. The lowest BCUT2D eigenvalue weighted by atomic mass is 10.2. The summed E-state index contributed by atoms with van der Waals surface area (Å²) < 4.78 is 5.00. The van der Waals surface area contributed by atoms with Gasteiger partial charge in [0.1, 0.15) is 10.8 Å². The number of halogens is 2. The number of nitro benzene ring substituents is 1.